The lowest BCUT2D eigenvalue weighted by Gasteiger charge is -2.09. The topological polar surface area (TPSA) is 35.5 Å². The Hall–Kier alpha value is -2.23. The van der Waals surface area contributed by atoms with Crippen molar-refractivity contribution in [1.82, 2.24) is 0 Å². The summed E-state index contributed by atoms with van der Waals surface area (Å²) in [6.07, 6.45) is -4.97. The van der Waals surface area contributed by atoms with Gasteiger partial charge in [0.15, 0.2) is 11.6 Å². The van der Waals surface area contributed by atoms with Crippen molar-refractivity contribution in [1.29, 1.82) is 0 Å². The van der Waals surface area contributed by atoms with Gasteiger partial charge in [-0.1, -0.05) is 5.92 Å². The first-order valence-electron chi connectivity index (χ1n) is 4.47. The number of carbonyl (C=O) groups excluding carboxylic acids is 1. The predicted molar refractivity (Wildman–Crippen MR) is 52.0 cm³/mol. The third-order valence-corrected chi connectivity index (χ3v) is 1.65. The largest absolute Gasteiger partial charge is 0.573 e. The molecular formula is C11H6F4O3. The number of methoxy groups -OCH3 is 1. The van der Waals surface area contributed by atoms with Crippen molar-refractivity contribution >= 4 is 5.97 Å². The molecule has 0 saturated carbocycles. The molecule has 7 heteroatoms. The molecule has 0 amide bonds. The molecule has 0 heterocycles. The third kappa shape index (κ3) is 4.33. The summed E-state index contributed by atoms with van der Waals surface area (Å²) in [5, 5.41) is 0. The van der Waals surface area contributed by atoms with Crippen molar-refractivity contribution in [2.75, 3.05) is 7.11 Å². The predicted octanol–water partition coefficient (Wildman–Crippen LogP) is 2.25. The first kappa shape index (κ1) is 13.8. The zero-order valence-corrected chi connectivity index (χ0v) is 8.97. The van der Waals surface area contributed by atoms with E-state index < -0.39 is 23.9 Å². The van der Waals surface area contributed by atoms with E-state index in [0.29, 0.717) is 0 Å². The van der Waals surface area contributed by atoms with Crippen LogP contribution in [0.25, 0.3) is 0 Å². The zero-order chi connectivity index (χ0) is 13.8. The van der Waals surface area contributed by atoms with Crippen LogP contribution in [-0.4, -0.2) is 19.4 Å². The first-order valence-corrected chi connectivity index (χ1v) is 4.47. The summed E-state index contributed by atoms with van der Waals surface area (Å²) in [4.78, 5) is 10.7. The molecule has 0 atom stereocenters. The van der Waals surface area contributed by atoms with Gasteiger partial charge in [-0.3, -0.25) is 0 Å². The van der Waals surface area contributed by atoms with Gasteiger partial charge in [-0.25, -0.2) is 9.18 Å². The maximum atomic E-state index is 13.2. The first-order chi connectivity index (χ1) is 8.31. The van der Waals surface area contributed by atoms with Crippen LogP contribution in [0.4, 0.5) is 17.6 Å². The molecule has 1 rings (SSSR count). The van der Waals surface area contributed by atoms with Gasteiger partial charge in [0.25, 0.3) is 0 Å². The van der Waals surface area contributed by atoms with E-state index in [-0.39, 0.29) is 5.56 Å². The van der Waals surface area contributed by atoms with E-state index in [1.54, 1.807) is 0 Å². The van der Waals surface area contributed by atoms with E-state index in [1.165, 1.54) is 0 Å². The summed E-state index contributed by atoms with van der Waals surface area (Å²) in [5.74, 6) is 1.19. The molecule has 0 aromatic heterocycles. The van der Waals surface area contributed by atoms with Gasteiger partial charge in [0.2, 0.25) is 0 Å². The van der Waals surface area contributed by atoms with Crippen molar-refractivity contribution < 1.29 is 31.8 Å². The van der Waals surface area contributed by atoms with Crippen molar-refractivity contribution in [3.05, 3.63) is 29.6 Å². The number of ether oxygens (including phenoxy) is 2. The highest BCUT2D eigenvalue weighted by atomic mass is 19.4. The standard InChI is InChI=1S/C11H6F4O3/c1-17-10(16)5-3-7-2-4-9(8(12)6-7)18-11(13,14)15/h2,4,6H,1H3. The van der Waals surface area contributed by atoms with Gasteiger partial charge in [0.05, 0.1) is 7.11 Å². The highest BCUT2D eigenvalue weighted by molar-refractivity contribution is 5.88. The number of esters is 1. The van der Waals surface area contributed by atoms with Crippen LogP contribution in [0.1, 0.15) is 5.56 Å². The summed E-state index contributed by atoms with van der Waals surface area (Å²) >= 11 is 0. The lowest BCUT2D eigenvalue weighted by Crippen LogP contribution is -2.17. The third-order valence-electron chi connectivity index (χ3n) is 1.65. The molecule has 0 unspecified atom stereocenters. The number of rotatable bonds is 1. The minimum absolute atomic E-state index is 0.0208. The molecule has 0 aliphatic rings. The number of hydrogen-bond acceptors (Lipinski definition) is 3. The lowest BCUT2D eigenvalue weighted by molar-refractivity contribution is -0.275. The Morgan fingerprint density at radius 2 is 2.00 bits per heavy atom. The van der Waals surface area contributed by atoms with E-state index in [1.807, 2.05) is 5.92 Å². The average Bonchev–Trinajstić information content (AvgIpc) is 2.27. The Labute approximate surface area is 99.3 Å². The van der Waals surface area contributed by atoms with Crippen molar-refractivity contribution in [3.63, 3.8) is 0 Å². The van der Waals surface area contributed by atoms with Crippen molar-refractivity contribution in [2.45, 2.75) is 6.36 Å². The van der Waals surface area contributed by atoms with Crippen LogP contribution < -0.4 is 4.74 Å². The maximum absolute atomic E-state index is 13.2. The van der Waals surface area contributed by atoms with Gasteiger partial charge in [0, 0.05) is 11.5 Å². The second kappa shape index (κ2) is 5.40. The van der Waals surface area contributed by atoms with Crippen LogP contribution in [0.2, 0.25) is 0 Å². The Bertz CT molecular complexity index is 511. The van der Waals surface area contributed by atoms with Crippen LogP contribution in [0.3, 0.4) is 0 Å². The van der Waals surface area contributed by atoms with Crippen LogP contribution in [0, 0.1) is 17.7 Å². The van der Waals surface area contributed by atoms with E-state index in [9.17, 15) is 22.4 Å². The van der Waals surface area contributed by atoms with Gasteiger partial charge >= 0.3 is 12.3 Å². The van der Waals surface area contributed by atoms with Crippen molar-refractivity contribution in [2.24, 2.45) is 0 Å². The molecule has 0 aliphatic heterocycles. The fraction of sp³-hybridized carbons (Fsp3) is 0.182. The molecule has 0 spiro atoms. The molecule has 18 heavy (non-hydrogen) atoms. The van der Waals surface area contributed by atoms with Gasteiger partial charge < -0.3 is 9.47 Å². The van der Waals surface area contributed by atoms with E-state index in [2.05, 4.69) is 15.4 Å². The summed E-state index contributed by atoms with van der Waals surface area (Å²) in [6.45, 7) is 0. The van der Waals surface area contributed by atoms with E-state index >= 15 is 0 Å². The molecule has 1 aromatic rings. The minimum atomic E-state index is -4.97. The summed E-state index contributed by atoms with van der Waals surface area (Å²) in [7, 11) is 1.11. The molecular weight excluding hydrogens is 256 g/mol. The number of benzene rings is 1. The Balaban J connectivity index is 2.91. The summed E-state index contributed by atoms with van der Waals surface area (Å²) in [6, 6.07) is 2.57. The fourth-order valence-corrected chi connectivity index (χ4v) is 0.960. The Morgan fingerprint density at radius 1 is 1.33 bits per heavy atom. The number of alkyl halides is 3. The highest BCUT2D eigenvalue weighted by Gasteiger charge is 2.32. The lowest BCUT2D eigenvalue weighted by atomic mass is 10.2. The summed E-state index contributed by atoms with van der Waals surface area (Å²) < 4.78 is 56.3. The van der Waals surface area contributed by atoms with Gasteiger partial charge in [-0.05, 0) is 18.2 Å². The fourth-order valence-electron chi connectivity index (χ4n) is 0.960. The molecule has 0 aliphatic carbocycles. The minimum Gasteiger partial charge on any atom is -0.459 e. The van der Waals surface area contributed by atoms with Gasteiger partial charge in [-0.2, -0.15) is 0 Å². The van der Waals surface area contributed by atoms with Crippen LogP contribution in [0.15, 0.2) is 18.2 Å². The highest BCUT2D eigenvalue weighted by Crippen LogP contribution is 2.25. The van der Waals surface area contributed by atoms with E-state index in [4.69, 9.17) is 0 Å². The van der Waals surface area contributed by atoms with Crippen LogP contribution in [-0.2, 0) is 9.53 Å². The number of hydrogen-bond donors (Lipinski definition) is 0. The molecule has 1 aromatic carbocycles. The molecule has 0 fully saturated rings. The molecule has 0 bridgehead atoms. The second-order valence-electron chi connectivity index (χ2n) is 2.93. The normalized spacial score (nSPS) is 10.3. The number of halogens is 4. The van der Waals surface area contributed by atoms with Gasteiger partial charge in [-0.15, -0.1) is 13.2 Å². The van der Waals surface area contributed by atoms with E-state index in [0.717, 1.165) is 25.3 Å². The average molecular weight is 262 g/mol. The smallest absolute Gasteiger partial charge is 0.459 e. The summed E-state index contributed by atoms with van der Waals surface area (Å²) in [5.41, 5.74) is 0.0208. The van der Waals surface area contributed by atoms with Crippen molar-refractivity contribution in [3.8, 4) is 17.6 Å². The molecule has 0 saturated heterocycles. The Kier molecular flexibility index (Phi) is 4.15. The van der Waals surface area contributed by atoms with Gasteiger partial charge in [0.1, 0.15) is 0 Å². The monoisotopic (exact) mass is 262 g/mol. The SMILES string of the molecule is COC(=O)C#Cc1ccc(OC(F)(F)F)c(F)c1. The second-order valence-corrected chi connectivity index (χ2v) is 2.93. The quantitative estimate of drug-likeness (QED) is 0.442. The molecule has 0 N–H and O–H groups in total. The maximum Gasteiger partial charge on any atom is 0.573 e. The molecule has 3 nitrogen and oxygen atoms in total. The Morgan fingerprint density at radius 3 is 2.50 bits per heavy atom. The zero-order valence-electron chi connectivity index (χ0n) is 8.97. The molecule has 96 valence electrons. The molecule has 0 radical (unpaired) electrons. The number of carbonyl (C=O) groups is 1. The van der Waals surface area contributed by atoms with Crippen LogP contribution in [0.5, 0.6) is 5.75 Å². The van der Waals surface area contributed by atoms with Crippen LogP contribution >= 0.6 is 0 Å².